The Bertz CT molecular complexity index is 3460. The normalized spacial score (nSPS) is 8.71. The summed E-state index contributed by atoms with van der Waals surface area (Å²) < 4.78 is 0. The van der Waals surface area contributed by atoms with E-state index in [4.69, 9.17) is 79.2 Å². The van der Waals surface area contributed by atoms with Gasteiger partial charge in [-0.15, -0.1) is 0 Å². The van der Waals surface area contributed by atoms with Gasteiger partial charge in [0.1, 0.15) is 0 Å². The molecule has 0 atom stereocenters. The molecule has 12 aromatic rings. The van der Waals surface area contributed by atoms with Gasteiger partial charge in [0.05, 0.1) is 91.9 Å². The fraction of sp³-hybridized carbons (Fsp3) is 0. The summed E-state index contributed by atoms with van der Waals surface area (Å²) in [5.41, 5.74) is 7.82. The maximum absolute atomic E-state index is 8.93. The van der Waals surface area contributed by atoms with Crippen LogP contribution in [0, 0.1) is 0 Å². The summed E-state index contributed by atoms with van der Waals surface area (Å²) in [5, 5.41) is 80.5. The molecule has 30 nitrogen and oxygen atoms in total. The molecular weight excluding hydrogens is 1430 g/mol. The number of carboxylic acid groups (broad SMARTS) is 8. The number of pyridine rings is 8. The van der Waals surface area contributed by atoms with Gasteiger partial charge >= 0.3 is 34.7 Å². The van der Waals surface area contributed by atoms with Crippen molar-refractivity contribution in [3.8, 4) is 0 Å². The van der Waals surface area contributed by atoms with E-state index in [9.17, 15) is 0 Å². The first kappa shape index (κ1) is 91.4. The number of benzene rings is 4. The molecule has 0 amide bonds. The quantitative estimate of drug-likeness (QED) is 0.0779. The molecule has 90 heavy (non-hydrogen) atoms. The van der Waals surface area contributed by atoms with Crippen molar-refractivity contribution in [2.24, 2.45) is 0 Å². The van der Waals surface area contributed by atoms with Crippen molar-refractivity contribution in [2.45, 2.75) is 0 Å². The maximum Gasteiger partial charge on any atom is 4.00 e. The van der Waals surface area contributed by atoms with Crippen molar-refractivity contribution in [3.05, 3.63) is 195 Å². The van der Waals surface area contributed by atoms with Crippen molar-refractivity contribution >= 4 is 135 Å². The Balaban J connectivity index is -0.000000227. The van der Waals surface area contributed by atoms with Gasteiger partial charge in [-0.3, -0.25) is 39.9 Å². The minimum absolute atomic E-state index is 0. The number of aliphatic carboxylic acids is 8. The third kappa shape index (κ3) is 27.5. The van der Waals surface area contributed by atoms with Gasteiger partial charge < -0.3 is 112 Å². The van der Waals surface area contributed by atoms with Crippen LogP contribution in [0.25, 0.3) is 87.2 Å². The van der Waals surface area contributed by atoms with Crippen molar-refractivity contribution in [1.82, 2.24) is 39.9 Å². The van der Waals surface area contributed by atoms with Gasteiger partial charge in [0.2, 0.25) is 0 Å². The van der Waals surface area contributed by atoms with Crippen LogP contribution < -0.4 is 40.9 Å². The molecule has 462 valence electrons. The van der Waals surface area contributed by atoms with E-state index in [1.807, 2.05) is 48.5 Å². The Hall–Kier alpha value is -9.77. The molecular formula is C56H36Cr2N8Nb2O22-8. The summed E-state index contributed by atoms with van der Waals surface area (Å²) in [6.07, 6.45) is 14.4. The molecule has 4 aromatic carbocycles. The van der Waals surface area contributed by atoms with Gasteiger partial charge in [0, 0.05) is 137 Å². The van der Waals surface area contributed by atoms with Crippen LogP contribution >= 0.6 is 0 Å². The molecule has 8 aromatic heterocycles. The number of aromatic nitrogens is 8. The Morgan fingerprint density at radius 1 is 0.211 bits per heavy atom. The molecule has 34 heteroatoms. The van der Waals surface area contributed by atoms with Crippen molar-refractivity contribution in [3.63, 3.8) is 0 Å². The Morgan fingerprint density at radius 3 is 0.378 bits per heavy atom. The van der Waals surface area contributed by atoms with Gasteiger partial charge in [0.25, 0.3) is 0 Å². The van der Waals surface area contributed by atoms with E-state index in [1.54, 1.807) is 49.6 Å². The summed E-state index contributed by atoms with van der Waals surface area (Å²) in [7, 11) is 0. The summed E-state index contributed by atoms with van der Waals surface area (Å²) in [4.78, 5) is 106. The number of nitrogens with zero attached hydrogens (tertiary/aromatic N) is 8. The monoisotopic (exact) mass is 1460 g/mol. The van der Waals surface area contributed by atoms with Gasteiger partial charge in [-0.25, -0.2) is 0 Å². The van der Waals surface area contributed by atoms with Crippen LogP contribution in [-0.2, 0) is 140 Å². The minimum Gasteiger partial charge on any atom is -2.00 e. The predicted molar refractivity (Wildman–Crippen MR) is 278 cm³/mol. The second-order valence-electron chi connectivity index (χ2n) is 15.2. The first-order chi connectivity index (χ1) is 38.4. The number of rotatable bonds is 0. The van der Waals surface area contributed by atoms with E-state index >= 15 is 0 Å². The van der Waals surface area contributed by atoms with Gasteiger partial charge in [0.15, 0.2) is 0 Å². The van der Waals surface area contributed by atoms with Crippen molar-refractivity contribution in [1.29, 1.82) is 0 Å². The molecule has 0 unspecified atom stereocenters. The fourth-order valence-electron chi connectivity index (χ4n) is 6.72. The SMILES string of the molecule is O.O.O=C([O-])C(=O)[O-].O=C([O-])C(=O)[O-].O=C([O-])C(=O)[O-].O=C([O-])C(=O)[O-].[Cr+4].[Cr+4].[Nb].[Nb].[O-2].[O-2].[O-2].[O-2].c1cnc2c(c1)ccc1cccnc12.c1cnc2c(c1)ccc1cccnc12.c1cnc2c(c1)ccc1cccnc12.c1cnc2c(c1)ccc1cccnc12. The zero-order chi connectivity index (χ0) is 58.1. The van der Waals surface area contributed by atoms with Crippen LogP contribution in [0.15, 0.2) is 195 Å². The molecule has 0 bridgehead atoms. The molecule has 2 radical (unpaired) electrons. The first-order valence-electron chi connectivity index (χ1n) is 22.4. The summed E-state index contributed by atoms with van der Waals surface area (Å²) >= 11 is 0. The van der Waals surface area contributed by atoms with Crippen LogP contribution in [0.1, 0.15) is 0 Å². The van der Waals surface area contributed by atoms with Gasteiger partial charge in [-0.2, -0.15) is 0 Å². The van der Waals surface area contributed by atoms with Crippen molar-refractivity contribution in [2.75, 3.05) is 0 Å². The number of hydrogen-bond acceptors (Lipinski definition) is 24. The summed E-state index contributed by atoms with van der Waals surface area (Å²) in [5.74, 6) is -17.5. The molecule has 0 aliphatic heterocycles. The van der Waals surface area contributed by atoms with Gasteiger partial charge in [-0.1, -0.05) is 97.1 Å². The van der Waals surface area contributed by atoms with E-state index in [0.717, 1.165) is 87.2 Å². The zero-order valence-corrected chi connectivity index (χ0v) is 51.9. The standard InChI is InChI=1S/4C12H8N2.4C2H2O4.2Cr.2Nb.2H2O.4O/c4*1-3-9-5-6-10-4-2-8-14-12(10)11(9)13-7-1;4*3-1(4)2(5)6;;;;;;;;;;/h4*1-8H;4*(H,3,4)(H,5,6);;;;;2*1H2;;;;/q;;;;;;;;2*+4;;;;;4*-2/p-8. The number of hydrogen-bond donors (Lipinski definition) is 0. The maximum atomic E-state index is 8.93. The molecule has 12 rings (SSSR count). The Kier molecular flexibility index (Phi) is 47.1. The fourth-order valence-corrected chi connectivity index (χ4v) is 6.72. The zero-order valence-electron chi connectivity index (χ0n) is 44.9. The van der Waals surface area contributed by atoms with E-state index in [0.29, 0.717) is 0 Å². The van der Waals surface area contributed by atoms with Crippen LogP contribution in [0.2, 0.25) is 0 Å². The Labute approximate surface area is 557 Å². The summed E-state index contributed by atoms with van der Waals surface area (Å²) in [6.45, 7) is 0. The third-order valence-electron chi connectivity index (χ3n) is 10.0. The van der Waals surface area contributed by atoms with Crippen LogP contribution in [0.5, 0.6) is 0 Å². The number of carboxylic acids is 8. The molecule has 8 heterocycles. The van der Waals surface area contributed by atoms with E-state index in [2.05, 4.69) is 137 Å². The smallest absolute Gasteiger partial charge is 2.00 e. The van der Waals surface area contributed by atoms with Crippen LogP contribution in [0.3, 0.4) is 0 Å². The molecule has 4 N–H and O–H groups in total. The minimum atomic E-state index is -2.19. The predicted octanol–water partition coefficient (Wildman–Crippen LogP) is -5.06. The van der Waals surface area contributed by atoms with Crippen LogP contribution in [0.4, 0.5) is 0 Å². The van der Waals surface area contributed by atoms with Crippen molar-refractivity contribution < 1.29 is 192 Å². The average Bonchev–Trinajstić information content (AvgIpc) is 3.58. The molecule has 0 saturated carbocycles. The largest absolute Gasteiger partial charge is 4.00 e. The average molecular weight is 1460 g/mol. The molecule has 0 aliphatic carbocycles. The third-order valence-corrected chi connectivity index (χ3v) is 10.0. The second-order valence-corrected chi connectivity index (χ2v) is 15.2. The van der Waals surface area contributed by atoms with Gasteiger partial charge in [-0.05, 0) is 48.5 Å². The number of carbonyl (C=O) groups excluding carboxylic acids is 8. The topological polar surface area (TPSA) is 601 Å². The van der Waals surface area contributed by atoms with E-state index < -0.39 is 47.8 Å². The molecule has 0 saturated heterocycles. The number of fused-ring (bicyclic) bond motifs is 12. The molecule has 0 fully saturated rings. The second kappa shape index (κ2) is 46.4. The number of carbonyl (C=O) groups is 8. The molecule has 0 spiro atoms. The van der Waals surface area contributed by atoms with E-state index in [-0.39, 0.29) is 112 Å². The van der Waals surface area contributed by atoms with E-state index in [1.165, 1.54) is 0 Å². The Morgan fingerprint density at radius 2 is 0.300 bits per heavy atom. The van der Waals surface area contributed by atoms with Crippen LogP contribution in [-0.4, -0.2) is 98.6 Å². The summed E-state index contributed by atoms with van der Waals surface area (Å²) in [6, 6.07) is 48.6. The first-order valence-corrected chi connectivity index (χ1v) is 22.4. The molecule has 0 aliphatic rings.